The minimum atomic E-state index is -4.20. The Morgan fingerprint density at radius 3 is 2.36 bits per heavy atom. The van der Waals surface area contributed by atoms with E-state index in [1.165, 1.54) is 12.1 Å². The van der Waals surface area contributed by atoms with Crippen LogP contribution in [0.5, 0.6) is 0 Å². The number of hydrogen-bond donors (Lipinski definition) is 0. The quantitative estimate of drug-likeness (QED) is 0.611. The Hall–Kier alpha value is -1.03. The van der Waals surface area contributed by atoms with Crippen LogP contribution in [0.2, 0.25) is 0 Å². The number of sulfonamides is 1. The zero-order valence-electron chi connectivity index (χ0n) is 15.0. The third kappa shape index (κ3) is 7.01. The predicted molar refractivity (Wildman–Crippen MR) is 97.3 cm³/mol. The van der Waals surface area contributed by atoms with Crippen LogP contribution in [0.3, 0.4) is 0 Å². The molecule has 0 unspecified atom stereocenters. The summed E-state index contributed by atoms with van der Waals surface area (Å²) in [6.45, 7) is 4.99. The molecule has 142 valence electrons. The van der Waals surface area contributed by atoms with E-state index in [1.54, 1.807) is 39.8 Å². The highest BCUT2D eigenvalue weighted by Gasteiger charge is 2.31. The van der Waals surface area contributed by atoms with Gasteiger partial charge in [0, 0.05) is 17.6 Å². The molecule has 0 amide bonds. The van der Waals surface area contributed by atoms with E-state index >= 15 is 0 Å². The van der Waals surface area contributed by atoms with E-state index in [2.05, 4.69) is 15.9 Å². The lowest BCUT2D eigenvalue weighted by molar-refractivity contribution is -0.155. The summed E-state index contributed by atoms with van der Waals surface area (Å²) in [4.78, 5) is 13.4. The zero-order valence-corrected chi connectivity index (χ0v) is 17.4. The fourth-order valence-corrected chi connectivity index (χ4v) is 3.91. The van der Waals surface area contributed by atoms with Crippen LogP contribution in [-0.2, 0) is 19.6 Å². The molecule has 0 N–H and O–H groups in total. The first-order valence-corrected chi connectivity index (χ1v) is 9.88. The summed E-state index contributed by atoms with van der Waals surface area (Å²) >= 11 is 3.14. The van der Waals surface area contributed by atoms with Gasteiger partial charge in [-0.25, -0.2) is 12.8 Å². The Morgan fingerprint density at radius 2 is 1.84 bits per heavy atom. The van der Waals surface area contributed by atoms with Crippen molar-refractivity contribution < 1.29 is 22.3 Å². The Bertz CT molecular complexity index is 717. The second-order valence-electron chi connectivity index (χ2n) is 6.80. The molecule has 0 aliphatic heterocycles. The SMILES string of the molecule is CN(C)CCN(CC(=O)OC(C)(C)C)S(=O)(=O)c1cc(Br)ccc1F. The topological polar surface area (TPSA) is 66.9 Å². The number of benzene rings is 1. The van der Waals surface area contributed by atoms with Gasteiger partial charge in [-0.2, -0.15) is 4.31 Å². The van der Waals surface area contributed by atoms with Gasteiger partial charge in [-0.15, -0.1) is 0 Å². The fraction of sp³-hybridized carbons (Fsp3) is 0.562. The van der Waals surface area contributed by atoms with Gasteiger partial charge in [0.2, 0.25) is 10.0 Å². The molecule has 0 radical (unpaired) electrons. The molecule has 0 atom stereocenters. The molecule has 0 aliphatic carbocycles. The lowest BCUT2D eigenvalue weighted by Gasteiger charge is -2.26. The molecule has 1 rings (SSSR count). The average Bonchev–Trinajstić information content (AvgIpc) is 2.43. The van der Waals surface area contributed by atoms with Gasteiger partial charge in [0.25, 0.3) is 0 Å². The van der Waals surface area contributed by atoms with Gasteiger partial charge in [0.15, 0.2) is 0 Å². The van der Waals surface area contributed by atoms with Gasteiger partial charge in [0.05, 0.1) is 0 Å². The number of carbonyl (C=O) groups is 1. The third-order valence-corrected chi connectivity index (χ3v) is 5.39. The molecule has 0 saturated heterocycles. The van der Waals surface area contributed by atoms with Crippen molar-refractivity contribution in [2.75, 3.05) is 33.7 Å². The molecule has 25 heavy (non-hydrogen) atoms. The summed E-state index contributed by atoms with van der Waals surface area (Å²) in [6.07, 6.45) is 0. The van der Waals surface area contributed by atoms with Gasteiger partial charge >= 0.3 is 5.97 Å². The summed E-state index contributed by atoms with van der Waals surface area (Å²) in [5, 5.41) is 0. The number of esters is 1. The van der Waals surface area contributed by atoms with Crippen molar-refractivity contribution in [3.8, 4) is 0 Å². The zero-order chi connectivity index (χ0) is 19.4. The normalized spacial score (nSPS) is 12.7. The molecular weight excluding hydrogens is 415 g/mol. The third-order valence-electron chi connectivity index (χ3n) is 3.03. The number of hydrogen-bond acceptors (Lipinski definition) is 5. The van der Waals surface area contributed by atoms with Crippen LogP contribution >= 0.6 is 15.9 Å². The van der Waals surface area contributed by atoms with Crippen LogP contribution in [0.4, 0.5) is 4.39 Å². The standard InChI is InChI=1S/C16H24BrFN2O4S/c1-16(2,3)24-15(21)11-20(9-8-19(4)5)25(22,23)14-10-12(17)6-7-13(14)18/h6-7,10H,8-9,11H2,1-5H3. The minimum absolute atomic E-state index is 0.0283. The van der Waals surface area contributed by atoms with Crippen LogP contribution in [0.25, 0.3) is 0 Å². The van der Waals surface area contributed by atoms with E-state index in [-0.39, 0.29) is 6.54 Å². The van der Waals surface area contributed by atoms with Gasteiger partial charge in [-0.05, 0) is 53.1 Å². The highest BCUT2D eigenvalue weighted by molar-refractivity contribution is 9.10. The van der Waals surface area contributed by atoms with E-state index < -0.39 is 38.9 Å². The Morgan fingerprint density at radius 1 is 1.24 bits per heavy atom. The number of nitrogens with zero attached hydrogens (tertiary/aromatic N) is 2. The van der Waals surface area contributed by atoms with E-state index in [0.717, 1.165) is 10.4 Å². The highest BCUT2D eigenvalue weighted by Crippen LogP contribution is 2.23. The van der Waals surface area contributed by atoms with Crippen molar-refractivity contribution >= 4 is 31.9 Å². The Kier molecular flexibility index (Phi) is 7.54. The first-order valence-electron chi connectivity index (χ1n) is 7.65. The van der Waals surface area contributed by atoms with Crippen molar-refractivity contribution in [1.82, 2.24) is 9.21 Å². The van der Waals surface area contributed by atoms with Crippen LogP contribution < -0.4 is 0 Å². The summed E-state index contributed by atoms with van der Waals surface area (Å²) in [6, 6.07) is 3.66. The molecule has 0 spiro atoms. The van der Waals surface area contributed by atoms with Gasteiger partial charge in [0.1, 0.15) is 22.9 Å². The van der Waals surface area contributed by atoms with E-state index in [0.29, 0.717) is 11.0 Å². The van der Waals surface area contributed by atoms with Crippen molar-refractivity contribution in [2.24, 2.45) is 0 Å². The average molecular weight is 439 g/mol. The predicted octanol–water partition coefficient (Wildman–Crippen LogP) is 2.48. The second kappa shape index (κ2) is 8.57. The summed E-state index contributed by atoms with van der Waals surface area (Å²) < 4.78 is 46.4. The van der Waals surface area contributed by atoms with E-state index in [1.807, 2.05) is 0 Å². The highest BCUT2D eigenvalue weighted by atomic mass is 79.9. The number of rotatable bonds is 7. The molecular formula is C16H24BrFN2O4S. The maximum Gasteiger partial charge on any atom is 0.321 e. The maximum atomic E-state index is 14.1. The first kappa shape index (κ1) is 22.0. The lowest BCUT2D eigenvalue weighted by atomic mass is 10.2. The van der Waals surface area contributed by atoms with Crippen molar-refractivity contribution in [1.29, 1.82) is 0 Å². The molecule has 1 aromatic rings. The minimum Gasteiger partial charge on any atom is -0.459 e. The Labute approximate surface area is 157 Å². The second-order valence-corrected chi connectivity index (χ2v) is 9.63. The van der Waals surface area contributed by atoms with E-state index in [4.69, 9.17) is 4.74 Å². The first-order chi connectivity index (χ1) is 11.3. The molecule has 0 aromatic heterocycles. The van der Waals surface area contributed by atoms with Crippen LogP contribution in [-0.4, -0.2) is 62.9 Å². The lowest BCUT2D eigenvalue weighted by Crippen LogP contribution is -2.42. The Balaban J connectivity index is 3.16. The van der Waals surface area contributed by atoms with Crippen LogP contribution in [0.15, 0.2) is 27.6 Å². The van der Waals surface area contributed by atoms with Crippen molar-refractivity contribution in [3.63, 3.8) is 0 Å². The molecule has 6 nitrogen and oxygen atoms in total. The van der Waals surface area contributed by atoms with Crippen LogP contribution in [0, 0.1) is 5.82 Å². The fourth-order valence-electron chi connectivity index (χ4n) is 1.93. The number of halogens is 2. The number of ether oxygens (including phenoxy) is 1. The summed E-state index contributed by atoms with van der Waals surface area (Å²) in [7, 11) is -0.648. The molecule has 0 saturated carbocycles. The molecule has 0 aliphatic rings. The van der Waals surface area contributed by atoms with Crippen LogP contribution in [0.1, 0.15) is 20.8 Å². The number of carbonyl (C=O) groups excluding carboxylic acids is 1. The van der Waals surface area contributed by atoms with Gasteiger partial charge < -0.3 is 9.64 Å². The summed E-state index contributed by atoms with van der Waals surface area (Å²) in [5.41, 5.74) is -0.741. The maximum absolute atomic E-state index is 14.1. The largest absolute Gasteiger partial charge is 0.459 e. The van der Waals surface area contributed by atoms with Gasteiger partial charge in [-0.1, -0.05) is 15.9 Å². The van der Waals surface area contributed by atoms with Crippen molar-refractivity contribution in [3.05, 3.63) is 28.5 Å². The molecule has 0 heterocycles. The molecule has 0 bridgehead atoms. The number of likely N-dealkylation sites (N-methyl/N-ethyl adjacent to an activating group) is 1. The molecule has 9 heteroatoms. The summed E-state index contributed by atoms with van der Waals surface area (Å²) in [5.74, 6) is -1.56. The van der Waals surface area contributed by atoms with Crippen molar-refractivity contribution in [2.45, 2.75) is 31.3 Å². The smallest absolute Gasteiger partial charge is 0.321 e. The van der Waals surface area contributed by atoms with Gasteiger partial charge in [-0.3, -0.25) is 4.79 Å². The monoisotopic (exact) mass is 438 g/mol. The molecule has 0 fully saturated rings. The molecule has 1 aromatic carbocycles. The van der Waals surface area contributed by atoms with E-state index in [9.17, 15) is 17.6 Å².